The van der Waals surface area contributed by atoms with Crippen molar-refractivity contribution in [3.05, 3.63) is 65.3 Å². The lowest BCUT2D eigenvalue weighted by molar-refractivity contribution is -0.137. The standard InChI is InChI=1S/C24H21F3N6O4/c1-4-36-20-10-17(34)5-6-18(20)21-28-11-19(12(2)29-21)31-23(35)30-16-8-14(22-33-32-13(3)37-22)7-15(9-16)24(25,26)27/h6-11H,4-5H2,1-3H3,(H2,30,31,35). The second-order valence-corrected chi connectivity index (χ2v) is 7.92. The molecule has 2 aromatic heterocycles. The van der Waals surface area contributed by atoms with Crippen molar-refractivity contribution in [3.8, 4) is 11.5 Å². The molecule has 192 valence electrons. The van der Waals surface area contributed by atoms with Gasteiger partial charge in [-0.05, 0) is 32.0 Å². The van der Waals surface area contributed by atoms with Crippen molar-refractivity contribution in [2.75, 3.05) is 17.2 Å². The summed E-state index contributed by atoms with van der Waals surface area (Å²) in [6, 6.07) is 2.11. The summed E-state index contributed by atoms with van der Waals surface area (Å²) in [6.07, 6.45) is -0.0880. The third-order valence-corrected chi connectivity index (χ3v) is 5.12. The number of aryl methyl sites for hydroxylation is 2. The highest BCUT2D eigenvalue weighted by molar-refractivity contribution is 6.01. The summed E-state index contributed by atoms with van der Waals surface area (Å²) >= 11 is 0. The summed E-state index contributed by atoms with van der Waals surface area (Å²) < 4.78 is 51.1. The number of ether oxygens (including phenoxy) is 1. The zero-order chi connectivity index (χ0) is 26.7. The lowest BCUT2D eigenvalue weighted by Gasteiger charge is -2.16. The van der Waals surface area contributed by atoms with E-state index in [1.54, 1.807) is 19.9 Å². The maximum atomic E-state index is 13.4. The molecule has 1 aliphatic carbocycles. The molecule has 37 heavy (non-hydrogen) atoms. The number of urea groups is 1. The summed E-state index contributed by atoms with van der Waals surface area (Å²) in [5.74, 6) is 0.608. The van der Waals surface area contributed by atoms with Crippen LogP contribution in [0, 0.1) is 13.8 Å². The van der Waals surface area contributed by atoms with Crippen LogP contribution in [0.15, 0.2) is 46.7 Å². The number of nitrogens with one attached hydrogen (secondary N) is 2. The first-order valence-corrected chi connectivity index (χ1v) is 11.1. The van der Waals surface area contributed by atoms with Crippen molar-refractivity contribution in [1.82, 2.24) is 20.2 Å². The molecule has 0 saturated heterocycles. The van der Waals surface area contributed by atoms with E-state index >= 15 is 0 Å². The zero-order valence-corrected chi connectivity index (χ0v) is 19.9. The van der Waals surface area contributed by atoms with Crippen molar-refractivity contribution in [3.63, 3.8) is 0 Å². The molecular formula is C24H21F3N6O4. The fourth-order valence-corrected chi connectivity index (χ4v) is 3.47. The van der Waals surface area contributed by atoms with E-state index in [2.05, 4.69) is 30.8 Å². The molecule has 1 aromatic carbocycles. The van der Waals surface area contributed by atoms with Gasteiger partial charge in [-0.15, -0.1) is 10.2 Å². The van der Waals surface area contributed by atoms with Gasteiger partial charge in [0, 0.05) is 30.7 Å². The van der Waals surface area contributed by atoms with E-state index < -0.39 is 17.8 Å². The molecule has 13 heteroatoms. The molecule has 0 unspecified atom stereocenters. The van der Waals surface area contributed by atoms with Crippen LogP contribution in [0.4, 0.5) is 29.3 Å². The Labute approximate surface area is 208 Å². The predicted molar refractivity (Wildman–Crippen MR) is 126 cm³/mol. The minimum Gasteiger partial charge on any atom is -0.493 e. The molecule has 0 radical (unpaired) electrons. The molecule has 2 N–H and O–H groups in total. The number of rotatable bonds is 6. The Morgan fingerprint density at radius 2 is 1.95 bits per heavy atom. The van der Waals surface area contributed by atoms with E-state index in [4.69, 9.17) is 9.15 Å². The maximum absolute atomic E-state index is 13.4. The maximum Gasteiger partial charge on any atom is 0.416 e. The molecule has 1 aliphatic rings. The van der Waals surface area contributed by atoms with Gasteiger partial charge in [-0.2, -0.15) is 13.2 Å². The fourth-order valence-electron chi connectivity index (χ4n) is 3.47. The van der Waals surface area contributed by atoms with Gasteiger partial charge in [0.15, 0.2) is 11.6 Å². The van der Waals surface area contributed by atoms with Crippen LogP contribution >= 0.6 is 0 Å². The number of nitrogens with zero attached hydrogens (tertiary/aromatic N) is 4. The molecule has 0 spiro atoms. The smallest absolute Gasteiger partial charge is 0.416 e. The number of carbonyl (C=O) groups excluding carboxylic acids is 2. The number of hydrogen-bond acceptors (Lipinski definition) is 8. The molecule has 0 atom stereocenters. The van der Waals surface area contributed by atoms with E-state index in [0.717, 1.165) is 12.1 Å². The van der Waals surface area contributed by atoms with Crippen LogP contribution in [0.25, 0.3) is 17.0 Å². The van der Waals surface area contributed by atoms with Gasteiger partial charge in [-0.1, -0.05) is 6.08 Å². The van der Waals surface area contributed by atoms with Crippen molar-refractivity contribution < 1.29 is 31.9 Å². The minimum absolute atomic E-state index is 0.00742. The highest BCUT2D eigenvalue weighted by Gasteiger charge is 2.32. The molecule has 0 aliphatic heterocycles. The predicted octanol–water partition coefficient (Wildman–Crippen LogP) is 5.08. The number of amides is 2. The molecule has 3 aromatic rings. The Bertz CT molecular complexity index is 1430. The van der Waals surface area contributed by atoms with Crippen LogP contribution in [0.3, 0.4) is 0 Å². The highest BCUT2D eigenvalue weighted by atomic mass is 19.4. The first kappa shape index (κ1) is 25.5. The van der Waals surface area contributed by atoms with E-state index in [1.165, 1.54) is 25.3 Å². The minimum atomic E-state index is -4.68. The third kappa shape index (κ3) is 6.00. The largest absolute Gasteiger partial charge is 0.493 e. The Morgan fingerprint density at radius 3 is 2.59 bits per heavy atom. The summed E-state index contributed by atoms with van der Waals surface area (Å²) in [6.45, 7) is 5.26. The van der Waals surface area contributed by atoms with Gasteiger partial charge < -0.3 is 19.8 Å². The summed E-state index contributed by atoms with van der Waals surface area (Å²) in [5, 5.41) is 12.3. The normalized spacial score (nSPS) is 13.6. The average Bonchev–Trinajstić information content (AvgIpc) is 3.26. The molecule has 0 bridgehead atoms. The molecule has 10 nitrogen and oxygen atoms in total. The second kappa shape index (κ2) is 10.2. The number of halogens is 3. The first-order chi connectivity index (χ1) is 17.5. The molecular weight excluding hydrogens is 493 g/mol. The quantitative estimate of drug-likeness (QED) is 0.465. The summed E-state index contributed by atoms with van der Waals surface area (Å²) in [7, 11) is 0. The van der Waals surface area contributed by atoms with Gasteiger partial charge >= 0.3 is 12.2 Å². The first-order valence-electron chi connectivity index (χ1n) is 11.1. The van der Waals surface area contributed by atoms with E-state index in [1.807, 2.05) is 0 Å². The van der Waals surface area contributed by atoms with Crippen LogP contribution in [0.1, 0.15) is 36.3 Å². The Kier molecular flexibility index (Phi) is 7.05. The monoisotopic (exact) mass is 514 g/mol. The summed E-state index contributed by atoms with van der Waals surface area (Å²) in [4.78, 5) is 33.0. The van der Waals surface area contributed by atoms with Crippen LogP contribution in [-0.2, 0) is 15.7 Å². The molecule has 4 rings (SSSR count). The van der Waals surface area contributed by atoms with Gasteiger partial charge in [-0.3, -0.25) is 4.79 Å². The number of allylic oxidation sites excluding steroid dienone is 3. The van der Waals surface area contributed by atoms with Gasteiger partial charge in [-0.25, -0.2) is 14.8 Å². The Hall–Kier alpha value is -4.55. The van der Waals surface area contributed by atoms with E-state index in [9.17, 15) is 22.8 Å². The SMILES string of the molecule is CCOC1=CC(=O)CC=C1c1ncc(NC(=O)Nc2cc(-c3nnc(C)o3)cc(C(F)(F)F)c2)c(C)n1. The second-order valence-electron chi connectivity index (χ2n) is 7.92. The Balaban J connectivity index is 1.54. The van der Waals surface area contributed by atoms with Crippen molar-refractivity contribution >= 4 is 28.8 Å². The lowest BCUT2D eigenvalue weighted by atomic mass is 10.0. The number of ketones is 1. The molecule has 2 heterocycles. The Morgan fingerprint density at radius 1 is 1.16 bits per heavy atom. The molecule has 0 saturated carbocycles. The van der Waals surface area contributed by atoms with Crippen molar-refractivity contribution in [2.24, 2.45) is 0 Å². The summed E-state index contributed by atoms with van der Waals surface area (Å²) in [5.41, 5.74) is 0.0184. The van der Waals surface area contributed by atoms with Crippen LogP contribution < -0.4 is 10.6 Å². The van der Waals surface area contributed by atoms with Crippen LogP contribution in [0.5, 0.6) is 0 Å². The van der Waals surface area contributed by atoms with E-state index in [-0.39, 0.29) is 40.9 Å². The average molecular weight is 514 g/mol. The topological polar surface area (TPSA) is 132 Å². The number of aromatic nitrogens is 4. The van der Waals surface area contributed by atoms with Gasteiger partial charge in [0.2, 0.25) is 11.8 Å². The number of anilines is 2. The molecule has 0 fully saturated rings. The van der Waals surface area contributed by atoms with Gasteiger partial charge in [0.05, 0.1) is 35.3 Å². The van der Waals surface area contributed by atoms with Crippen molar-refractivity contribution in [1.29, 1.82) is 0 Å². The van der Waals surface area contributed by atoms with E-state index in [0.29, 0.717) is 29.5 Å². The zero-order valence-electron chi connectivity index (χ0n) is 19.9. The van der Waals surface area contributed by atoms with Crippen LogP contribution in [-0.4, -0.2) is 38.6 Å². The van der Waals surface area contributed by atoms with Gasteiger partial charge in [0.1, 0.15) is 5.76 Å². The number of benzene rings is 1. The van der Waals surface area contributed by atoms with Gasteiger partial charge in [0.25, 0.3) is 0 Å². The van der Waals surface area contributed by atoms with Crippen molar-refractivity contribution in [2.45, 2.75) is 33.4 Å². The molecule has 2 amide bonds. The lowest BCUT2D eigenvalue weighted by Crippen LogP contribution is -2.21. The third-order valence-electron chi connectivity index (χ3n) is 5.12. The van der Waals surface area contributed by atoms with Crippen LogP contribution in [0.2, 0.25) is 0 Å². The highest BCUT2D eigenvalue weighted by Crippen LogP contribution is 2.35. The number of carbonyl (C=O) groups is 2. The number of alkyl halides is 3. The number of hydrogen-bond donors (Lipinski definition) is 2. The fraction of sp³-hybridized carbons (Fsp3) is 0.250.